The molecule has 1 N–H and O–H groups in total. The monoisotopic (exact) mass is 419 g/mol. The molecule has 0 radical (unpaired) electrons. The third kappa shape index (κ3) is 4.74. The lowest BCUT2D eigenvalue weighted by atomic mass is 10.2. The number of aromatic nitrogens is 6. The molecule has 0 spiro atoms. The van der Waals surface area contributed by atoms with Crippen LogP contribution >= 0.6 is 0 Å². The number of hydrogen-bond acceptors (Lipinski definition) is 8. The summed E-state index contributed by atoms with van der Waals surface area (Å²) in [6, 6.07) is 10.7. The molecule has 4 aromatic rings. The van der Waals surface area contributed by atoms with Crippen molar-refractivity contribution in [3.63, 3.8) is 0 Å². The Morgan fingerprint density at radius 2 is 1.71 bits per heavy atom. The first-order chi connectivity index (χ1) is 14.9. The Bertz CT molecular complexity index is 1210. The van der Waals surface area contributed by atoms with Gasteiger partial charge in [0, 0.05) is 29.9 Å². The summed E-state index contributed by atoms with van der Waals surface area (Å²) in [5.41, 5.74) is 3.15. The SMILES string of the molecule is Cc1cc(C)nc(-n2nc(C)cc2NC(=O)COc2ccc(-c3noc(C)n3)cc2)n1. The van der Waals surface area contributed by atoms with Gasteiger partial charge in [0.05, 0.1) is 5.69 Å². The van der Waals surface area contributed by atoms with Crippen molar-refractivity contribution >= 4 is 11.7 Å². The molecule has 31 heavy (non-hydrogen) atoms. The number of carbonyl (C=O) groups excluding carboxylic acids is 1. The van der Waals surface area contributed by atoms with Crippen LogP contribution in [-0.4, -0.2) is 42.4 Å². The first-order valence-corrected chi connectivity index (χ1v) is 9.60. The highest BCUT2D eigenvalue weighted by atomic mass is 16.5. The largest absolute Gasteiger partial charge is 0.484 e. The Labute approximate surface area is 178 Å². The van der Waals surface area contributed by atoms with Crippen LogP contribution in [0.25, 0.3) is 17.3 Å². The maximum Gasteiger partial charge on any atom is 0.263 e. The highest BCUT2D eigenvalue weighted by Crippen LogP contribution is 2.20. The van der Waals surface area contributed by atoms with E-state index in [1.54, 1.807) is 37.3 Å². The summed E-state index contributed by atoms with van der Waals surface area (Å²) in [7, 11) is 0. The van der Waals surface area contributed by atoms with Crippen LogP contribution in [0.5, 0.6) is 5.75 Å². The van der Waals surface area contributed by atoms with E-state index in [0.717, 1.165) is 22.6 Å². The minimum absolute atomic E-state index is 0.168. The number of benzene rings is 1. The van der Waals surface area contributed by atoms with E-state index >= 15 is 0 Å². The van der Waals surface area contributed by atoms with Crippen molar-refractivity contribution < 1.29 is 14.1 Å². The van der Waals surface area contributed by atoms with E-state index in [1.807, 2.05) is 26.8 Å². The van der Waals surface area contributed by atoms with Crippen molar-refractivity contribution in [2.75, 3.05) is 11.9 Å². The van der Waals surface area contributed by atoms with E-state index in [-0.39, 0.29) is 12.5 Å². The van der Waals surface area contributed by atoms with Crippen molar-refractivity contribution in [1.29, 1.82) is 0 Å². The van der Waals surface area contributed by atoms with Gasteiger partial charge in [0.2, 0.25) is 11.7 Å². The molecule has 0 aliphatic rings. The second kappa shape index (κ2) is 8.34. The summed E-state index contributed by atoms with van der Waals surface area (Å²) in [5.74, 6) is 2.07. The Hall–Kier alpha value is -4.08. The summed E-state index contributed by atoms with van der Waals surface area (Å²) in [6.45, 7) is 7.15. The van der Waals surface area contributed by atoms with Gasteiger partial charge in [-0.15, -0.1) is 0 Å². The van der Waals surface area contributed by atoms with Crippen LogP contribution in [0.2, 0.25) is 0 Å². The molecule has 0 atom stereocenters. The van der Waals surface area contributed by atoms with Crippen LogP contribution in [0.3, 0.4) is 0 Å². The quantitative estimate of drug-likeness (QED) is 0.506. The van der Waals surface area contributed by atoms with Gasteiger partial charge in [-0.05, 0) is 51.1 Å². The zero-order chi connectivity index (χ0) is 22.0. The maximum atomic E-state index is 12.5. The van der Waals surface area contributed by atoms with Gasteiger partial charge in [-0.1, -0.05) is 5.16 Å². The minimum Gasteiger partial charge on any atom is -0.484 e. The van der Waals surface area contributed by atoms with Crippen LogP contribution < -0.4 is 10.1 Å². The van der Waals surface area contributed by atoms with Crippen LogP contribution in [0.4, 0.5) is 5.82 Å². The van der Waals surface area contributed by atoms with Crippen LogP contribution in [0.15, 0.2) is 40.9 Å². The predicted molar refractivity (Wildman–Crippen MR) is 112 cm³/mol. The van der Waals surface area contributed by atoms with Gasteiger partial charge < -0.3 is 14.6 Å². The van der Waals surface area contributed by atoms with Crippen molar-refractivity contribution in [2.45, 2.75) is 27.7 Å². The highest BCUT2D eigenvalue weighted by Gasteiger charge is 2.14. The van der Waals surface area contributed by atoms with Crippen LogP contribution in [0, 0.1) is 27.7 Å². The molecule has 10 nitrogen and oxygen atoms in total. The lowest BCUT2D eigenvalue weighted by Gasteiger charge is -2.10. The Morgan fingerprint density at radius 3 is 2.35 bits per heavy atom. The molecule has 0 saturated carbocycles. The molecule has 0 saturated heterocycles. The number of carbonyl (C=O) groups is 1. The zero-order valence-electron chi connectivity index (χ0n) is 17.6. The van der Waals surface area contributed by atoms with Crippen LogP contribution in [0.1, 0.15) is 23.0 Å². The van der Waals surface area contributed by atoms with Gasteiger partial charge in [0.1, 0.15) is 11.6 Å². The molecule has 0 bridgehead atoms. The van der Waals surface area contributed by atoms with Crippen molar-refractivity contribution in [2.24, 2.45) is 0 Å². The maximum absolute atomic E-state index is 12.5. The first-order valence-electron chi connectivity index (χ1n) is 9.60. The molecule has 4 rings (SSSR count). The summed E-state index contributed by atoms with van der Waals surface area (Å²) in [5, 5.41) is 11.1. The lowest BCUT2D eigenvalue weighted by Crippen LogP contribution is -2.22. The summed E-state index contributed by atoms with van der Waals surface area (Å²) >= 11 is 0. The van der Waals surface area contributed by atoms with Gasteiger partial charge in [-0.3, -0.25) is 4.79 Å². The topological polar surface area (TPSA) is 121 Å². The standard InChI is InChI=1S/C21H21N7O3/c1-12-9-13(2)23-21(22-12)28-18(10-14(3)26-28)25-19(29)11-30-17-7-5-16(6-8-17)20-24-15(4)31-27-20/h5-10H,11H2,1-4H3,(H,25,29). The van der Waals surface area contributed by atoms with Gasteiger partial charge >= 0.3 is 0 Å². The number of nitrogens with zero attached hydrogens (tertiary/aromatic N) is 6. The summed E-state index contributed by atoms with van der Waals surface area (Å²) in [6.07, 6.45) is 0. The Kier molecular flexibility index (Phi) is 5.44. The van der Waals surface area contributed by atoms with Gasteiger partial charge in [0.25, 0.3) is 11.9 Å². The predicted octanol–water partition coefficient (Wildman–Crippen LogP) is 2.96. The van der Waals surface area contributed by atoms with E-state index < -0.39 is 0 Å². The van der Waals surface area contributed by atoms with E-state index in [2.05, 4.69) is 30.5 Å². The number of hydrogen-bond donors (Lipinski definition) is 1. The molecule has 1 aromatic carbocycles. The number of rotatable bonds is 6. The second-order valence-corrected chi connectivity index (χ2v) is 7.03. The van der Waals surface area contributed by atoms with Crippen molar-refractivity contribution in [3.05, 3.63) is 59.4 Å². The average Bonchev–Trinajstić information content (AvgIpc) is 3.31. The Morgan fingerprint density at radius 1 is 1.00 bits per heavy atom. The van der Waals surface area contributed by atoms with Crippen molar-refractivity contribution in [1.82, 2.24) is 29.9 Å². The molecule has 0 aliphatic carbocycles. The molecule has 1 amide bonds. The van der Waals surface area contributed by atoms with E-state index in [0.29, 0.717) is 29.2 Å². The van der Waals surface area contributed by atoms with E-state index in [9.17, 15) is 4.79 Å². The van der Waals surface area contributed by atoms with Gasteiger partial charge in [-0.25, -0.2) is 9.97 Å². The Balaban J connectivity index is 1.41. The third-order valence-electron chi connectivity index (χ3n) is 4.27. The third-order valence-corrected chi connectivity index (χ3v) is 4.27. The smallest absolute Gasteiger partial charge is 0.263 e. The molecule has 0 unspecified atom stereocenters. The molecule has 3 aromatic heterocycles. The molecule has 10 heteroatoms. The molecular weight excluding hydrogens is 398 g/mol. The normalized spacial score (nSPS) is 10.8. The number of anilines is 1. The minimum atomic E-state index is -0.330. The summed E-state index contributed by atoms with van der Waals surface area (Å²) < 4.78 is 12.1. The number of aryl methyl sites for hydroxylation is 4. The number of nitrogens with one attached hydrogen (secondary N) is 1. The van der Waals surface area contributed by atoms with E-state index in [1.165, 1.54) is 4.68 Å². The van der Waals surface area contributed by atoms with Gasteiger partial charge in [0.15, 0.2) is 6.61 Å². The molecule has 158 valence electrons. The molecule has 0 aliphatic heterocycles. The second-order valence-electron chi connectivity index (χ2n) is 7.03. The average molecular weight is 419 g/mol. The number of amides is 1. The molecule has 3 heterocycles. The summed E-state index contributed by atoms with van der Waals surface area (Å²) in [4.78, 5) is 25.4. The lowest BCUT2D eigenvalue weighted by molar-refractivity contribution is -0.118. The number of ether oxygens (including phenoxy) is 1. The van der Waals surface area contributed by atoms with Gasteiger partial charge in [-0.2, -0.15) is 14.8 Å². The van der Waals surface area contributed by atoms with Crippen molar-refractivity contribution in [3.8, 4) is 23.1 Å². The molecular formula is C21H21N7O3. The van der Waals surface area contributed by atoms with E-state index in [4.69, 9.17) is 9.26 Å². The fourth-order valence-corrected chi connectivity index (χ4v) is 2.99. The zero-order valence-corrected chi connectivity index (χ0v) is 17.6. The fraction of sp³-hybridized carbons (Fsp3) is 0.238. The van der Waals surface area contributed by atoms with Crippen LogP contribution in [-0.2, 0) is 4.79 Å². The molecule has 0 fully saturated rings. The fourth-order valence-electron chi connectivity index (χ4n) is 2.99. The first kappa shape index (κ1) is 20.2. The highest BCUT2D eigenvalue weighted by molar-refractivity contribution is 5.91.